The highest BCUT2D eigenvalue weighted by Gasteiger charge is 2.29. The van der Waals surface area contributed by atoms with Gasteiger partial charge in [-0.25, -0.2) is 9.25 Å². The van der Waals surface area contributed by atoms with Crippen LogP contribution in [0, 0.1) is 0 Å². The summed E-state index contributed by atoms with van der Waals surface area (Å²) in [4.78, 5) is 0. The molecule has 0 saturated heterocycles. The Morgan fingerprint density at radius 1 is 1.07 bits per heavy atom. The monoisotopic (exact) mass is 396 g/mol. The number of halogens is 4. The molecule has 0 aliphatic carbocycles. The number of alkyl halides is 3. The molecule has 0 amide bonds. The van der Waals surface area contributed by atoms with Crippen molar-refractivity contribution in [1.29, 1.82) is 0 Å². The van der Waals surface area contributed by atoms with Crippen molar-refractivity contribution in [3.63, 3.8) is 0 Å². The van der Waals surface area contributed by atoms with Crippen molar-refractivity contribution < 1.29 is 30.1 Å². The van der Waals surface area contributed by atoms with Gasteiger partial charge in [-0.05, 0) is 29.8 Å². The highest BCUT2D eigenvalue weighted by molar-refractivity contribution is 5.56. The predicted molar refractivity (Wildman–Crippen MR) is 89.0 cm³/mol. The van der Waals surface area contributed by atoms with E-state index in [1.807, 2.05) is 36.1 Å². The van der Waals surface area contributed by atoms with E-state index in [4.69, 9.17) is 5.73 Å². The lowest BCUT2D eigenvalue weighted by molar-refractivity contribution is -0.671. The predicted octanol–water partition coefficient (Wildman–Crippen LogP) is 0.776. The van der Waals surface area contributed by atoms with Gasteiger partial charge in [-0.15, -0.1) is 5.11 Å². The van der Waals surface area contributed by atoms with Crippen molar-refractivity contribution in [3.8, 4) is 0 Å². The van der Waals surface area contributed by atoms with E-state index in [0.717, 1.165) is 17.7 Å². The normalized spacial score (nSPS) is 11.6. The fourth-order valence-electron chi connectivity index (χ4n) is 2.23. The molecule has 0 saturated carbocycles. The summed E-state index contributed by atoms with van der Waals surface area (Å²) in [7, 11) is 1.92. The van der Waals surface area contributed by atoms with Crippen molar-refractivity contribution in [2.75, 3.05) is 5.73 Å². The van der Waals surface area contributed by atoms with Crippen LogP contribution in [0.3, 0.4) is 0 Å². The fraction of sp³-hybridized carbons (Fsp3) is 0.176. The van der Waals surface area contributed by atoms with Gasteiger partial charge in [0.25, 0.3) is 0 Å². The number of aromatic nitrogens is 3. The summed E-state index contributed by atoms with van der Waals surface area (Å²) < 4.78 is 41.1. The quantitative estimate of drug-likeness (QED) is 0.523. The maximum Gasteiger partial charge on any atom is 0.416 e. The number of pyridine rings is 1. The number of nitrogens with zero attached hydrogens (tertiary/aromatic N) is 5. The largest absolute Gasteiger partial charge is 1.00 e. The molecule has 2 N–H and O–H groups in total. The van der Waals surface area contributed by atoms with Gasteiger partial charge in [0.1, 0.15) is 18.6 Å². The first kappa shape index (κ1) is 20.4. The van der Waals surface area contributed by atoms with Gasteiger partial charge in [-0.3, -0.25) is 0 Å². The first-order valence-corrected chi connectivity index (χ1v) is 7.67. The second kappa shape index (κ2) is 8.17. The maximum atomic E-state index is 12.5. The molecule has 0 radical (unpaired) electrons. The van der Waals surface area contributed by atoms with E-state index in [-0.39, 0.29) is 12.4 Å². The van der Waals surface area contributed by atoms with Crippen LogP contribution >= 0.6 is 0 Å². The molecule has 0 spiro atoms. The van der Waals surface area contributed by atoms with Gasteiger partial charge in [0, 0.05) is 12.1 Å². The molecule has 0 atom stereocenters. The molecule has 3 rings (SSSR count). The summed E-state index contributed by atoms with van der Waals surface area (Å²) in [6, 6.07) is 8.30. The SMILES string of the molecule is C[n+]1ccc(Cn2ncc(N=Nc3ccc(C(F)(F)F)cc3)c2N)cc1.[Cl-]. The summed E-state index contributed by atoms with van der Waals surface area (Å²) in [5, 5.41) is 12.1. The first-order chi connectivity index (χ1) is 12.3. The van der Waals surface area contributed by atoms with Crippen molar-refractivity contribution in [3.05, 3.63) is 66.1 Å². The van der Waals surface area contributed by atoms with Gasteiger partial charge in [0.15, 0.2) is 12.4 Å². The van der Waals surface area contributed by atoms with Crippen LogP contribution in [-0.2, 0) is 19.8 Å². The van der Waals surface area contributed by atoms with Crippen molar-refractivity contribution >= 4 is 17.2 Å². The molecular formula is C17H16ClF3N6. The van der Waals surface area contributed by atoms with E-state index in [1.54, 1.807) is 4.68 Å². The summed E-state index contributed by atoms with van der Waals surface area (Å²) in [5.41, 5.74) is 6.95. The lowest BCUT2D eigenvalue weighted by atomic mass is 10.2. The zero-order valence-corrected chi connectivity index (χ0v) is 15.0. The number of benzene rings is 1. The van der Waals surface area contributed by atoms with E-state index in [2.05, 4.69) is 15.3 Å². The minimum atomic E-state index is -4.38. The third kappa shape index (κ3) is 5.04. The summed E-state index contributed by atoms with van der Waals surface area (Å²) >= 11 is 0. The Kier molecular flexibility index (Phi) is 6.17. The Bertz CT molecular complexity index is 917. The molecule has 142 valence electrons. The van der Waals surface area contributed by atoms with E-state index < -0.39 is 11.7 Å². The van der Waals surface area contributed by atoms with E-state index in [1.165, 1.54) is 18.3 Å². The Morgan fingerprint density at radius 3 is 2.30 bits per heavy atom. The van der Waals surface area contributed by atoms with E-state index in [0.29, 0.717) is 23.7 Å². The van der Waals surface area contributed by atoms with E-state index >= 15 is 0 Å². The van der Waals surface area contributed by atoms with Gasteiger partial charge < -0.3 is 18.1 Å². The molecule has 0 aliphatic rings. The molecular weight excluding hydrogens is 381 g/mol. The second-order valence-electron chi connectivity index (χ2n) is 5.69. The van der Waals surface area contributed by atoms with Crippen LogP contribution in [0.2, 0.25) is 0 Å². The van der Waals surface area contributed by atoms with Crippen LogP contribution in [0.5, 0.6) is 0 Å². The van der Waals surface area contributed by atoms with Crippen LogP contribution in [0.15, 0.2) is 65.2 Å². The molecule has 0 fully saturated rings. The highest BCUT2D eigenvalue weighted by Crippen LogP contribution is 2.31. The van der Waals surface area contributed by atoms with Crippen LogP contribution in [0.4, 0.5) is 30.4 Å². The van der Waals surface area contributed by atoms with Crippen LogP contribution in [-0.4, -0.2) is 9.78 Å². The van der Waals surface area contributed by atoms with E-state index in [9.17, 15) is 13.2 Å². The third-order valence-electron chi connectivity index (χ3n) is 3.71. The number of hydrogen-bond donors (Lipinski definition) is 1. The van der Waals surface area contributed by atoms with Crippen LogP contribution in [0.25, 0.3) is 0 Å². The zero-order chi connectivity index (χ0) is 18.7. The zero-order valence-electron chi connectivity index (χ0n) is 14.2. The number of azo groups is 1. The number of nitrogens with two attached hydrogens (primary N) is 1. The third-order valence-corrected chi connectivity index (χ3v) is 3.71. The Morgan fingerprint density at radius 2 is 1.70 bits per heavy atom. The Balaban J connectivity index is 0.00000261. The molecule has 2 aromatic heterocycles. The molecule has 6 nitrogen and oxygen atoms in total. The number of nitrogen functional groups attached to an aromatic ring is 1. The maximum absolute atomic E-state index is 12.5. The molecule has 1 aromatic carbocycles. The van der Waals surface area contributed by atoms with Crippen LogP contribution in [0.1, 0.15) is 11.1 Å². The van der Waals surface area contributed by atoms with Gasteiger partial charge in [-0.2, -0.15) is 23.4 Å². The summed E-state index contributed by atoms with van der Waals surface area (Å²) in [5.74, 6) is 0.328. The average molecular weight is 397 g/mol. The van der Waals surface area contributed by atoms with Gasteiger partial charge in [0.2, 0.25) is 0 Å². The minimum absolute atomic E-state index is 0. The van der Waals surface area contributed by atoms with Crippen LogP contribution < -0.4 is 22.7 Å². The highest BCUT2D eigenvalue weighted by atomic mass is 35.5. The second-order valence-corrected chi connectivity index (χ2v) is 5.69. The average Bonchev–Trinajstić information content (AvgIpc) is 2.95. The summed E-state index contributed by atoms with van der Waals surface area (Å²) in [6.07, 6.45) is 0.919. The molecule has 2 heterocycles. The first-order valence-electron chi connectivity index (χ1n) is 7.67. The molecule has 0 unspecified atom stereocenters. The minimum Gasteiger partial charge on any atom is -1.00 e. The molecule has 0 bridgehead atoms. The number of anilines is 1. The van der Waals surface area contributed by atoms with Crippen molar-refractivity contribution in [1.82, 2.24) is 9.78 Å². The lowest BCUT2D eigenvalue weighted by Crippen LogP contribution is -3.00. The van der Waals surface area contributed by atoms with Crippen molar-refractivity contribution in [2.45, 2.75) is 12.7 Å². The Labute approximate surface area is 159 Å². The molecule has 10 heteroatoms. The smallest absolute Gasteiger partial charge is 0.416 e. The molecule has 3 aromatic rings. The number of hydrogen-bond acceptors (Lipinski definition) is 4. The summed E-state index contributed by atoms with van der Waals surface area (Å²) in [6.45, 7) is 0.475. The number of aryl methyl sites for hydroxylation is 1. The number of rotatable bonds is 4. The molecule has 27 heavy (non-hydrogen) atoms. The molecule has 0 aliphatic heterocycles. The van der Waals surface area contributed by atoms with Gasteiger partial charge in [0.05, 0.1) is 24.0 Å². The van der Waals surface area contributed by atoms with Gasteiger partial charge in [-0.1, -0.05) is 0 Å². The standard InChI is InChI=1S/C17H16F3N6.ClH/c1-25-8-6-12(7-9-25)11-26-16(21)15(10-22-26)24-23-14-4-2-13(3-5-14)17(18,19)20;/h2-10H,11,21H2,1H3;1H/q+1;/p-1. The fourth-order valence-corrected chi connectivity index (χ4v) is 2.23. The lowest BCUT2D eigenvalue weighted by Gasteiger charge is -2.05. The topological polar surface area (TPSA) is 72.4 Å². The Hall–Kier alpha value is -2.94. The van der Waals surface area contributed by atoms with Gasteiger partial charge >= 0.3 is 6.18 Å². The van der Waals surface area contributed by atoms with Crippen molar-refractivity contribution in [2.24, 2.45) is 17.3 Å².